The van der Waals surface area contributed by atoms with E-state index in [0.29, 0.717) is 36.2 Å². The molecule has 8 nitrogen and oxygen atoms in total. The third-order valence-electron chi connectivity index (χ3n) is 4.84. The molecule has 1 fully saturated rings. The molecule has 2 aromatic rings. The van der Waals surface area contributed by atoms with E-state index in [9.17, 15) is 14.4 Å². The third-order valence-corrected chi connectivity index (χ3v) is 5.33. The summed E-state index contributed by atoms with van der Waals surface area (Å²) in [5.41, 5.74) is 6.53. The predicted octanol–water partition coefficient (Wildman–Crippen LogP) is 1.49. The van der Waals surface area contributed by atoms with Crippen LogP contribution in [0.2, 0.25) is 10.0 Å². The second kappa shape index (κ2) is 9.88. The van der Waals surface area contributed by atoms with Crippen molar-refractivity contribution in [3.63, 3.8) is 0 Å². The van der Waals surface area contributed by atoms with Gasteiger partial charge in [-0.05, 0) is 29.8 Å². The maximum atomic E-state index is 12.5. The molecule has 158 valence electrons. The fourth-order valence-electron chi connectivity index (χ4n) is 3.32. The molecular formula is C20H21Cl2N5O3. The van der Waals surface area contributed by atoms with Crippen molar-refractivity contribution in [2.24, 2.45) is 5.73 Å². The fraction of sp³-hybridized carbons (Fsp3) is 0.300. The molecule has 0 saturated carbocycles. The lowest BCUT2D eigenvalue weighted by Gasteiger charge is -2.38. The molecule has 30 heavy (non-hydrogen) atoms. The molecule has 0 spiro atoms. The van der Waals surface area contributed by atoms with Gasteiger partial charge in [0.05, 0.1) is 6.54 Å². The minimum atomic E-state index is -0.590. The van der Waals surface area contributed by atoms with Crippen LogP contribution in [0.3, 0.4) is 0 Å². The van der Waals surface area contributed by atoms with Crippen LogP contribution in [0.4, 0.5) is 0 Å². The second-order valence-electron chi connectivity index (χ2n) is 6.82. The van der Waals surface area contributed by atoms with Gasteiger partial charge in [-0.25, -0.2) is 0 Å². The lowest BCUT2D eigenvalue weighted by Crippen LogP contribution is -2.53. The van der Waals surface area contributed by atoms with Crippen molar-refractivity contribution in [2.75, 3.05) is 32.7 Å². The average molecular weight is 450 g/mol. The zero-order valence-corrected chi connectivity index (χ0v) is 17.6. The number of piperazine rings is 1. The molecule has 1 saturated heterocycles. The minimum Gasteiger partial charge on any atom is -0.368 e. The number of nitrogens with two attached hydrogens (primary N) is 1. The molecule has 1 unspecified atom stereocenters. The number of amides is 3. The number of hydrogen-bond acceptors (Lipinski definition) is 5. The summed E-state index contributed by atoms with van der Waals surface area (Å²) in [6, 6.07) is 9.37. The highest BCUT2D eigenvalue weighted by atomic mass is 35.5. The highest BCUT2D eigenvalue weighted by molar-refractivity contribution is 6.31. The lowest BCUT2D eigenvalue weighted by molar-refractivity contribution is -0.133. The number of hydrogen-bond donors (Lipinski definition) is 2. The SMILES string of the molecule is NC(=O)C(c1ccc(Cl)cc1)N1CCN(C(=O)CNC(=O)c2cc(Cl)ccn2)CC1. The van der Waals surface area contributed by atoms with Gasteiger partial charge in [-0.3, -0.25) is 24.3 Å². The number of carbonyl (C=O) groups is 3. The van der Waals surface area contributed by atoms with E-state index in [1.54, 1.807) is 35.2 Å². The molecule has 1 aromatic carbocycles. The van der Waals surface area contributed by atoms with Crippen LogP contribution in [0.15, 0.2) is 42.6 Å². The molecular weight excluding hydrogens is 429 g/mol. The molecule has 0 aliphatic carbocycles. The van der Waals surface area contributed by atoms with Gasteiger partial charge in [0.2, 0.25) is 11.8 Å². The number of rotatable bonds is 6. The van der Waals surface area contributed by atoms with E-state index in [4.69, 9.17) is 28.9 Å². The normalized spacial score (nSPS) is 15.5. The number of carbonyl (C=O) groups excluding carboxylic acids is 3. The molecule has 10 heteroatoms. The van der Waals surface area contributed by atoms with E-state index in [1.165, 1.54) is 12.3 Å². The number of nitrogens with zero attached hydrogens (tertiary/aromatic N) is 3. The lowest BCUT2D eigenvalue weighted by atomic mass is 10.0. The topological polar surface area (TPSA) is 109 Å². The summed E-state index contributed by atoms with van der Waals surface area (Å²) >= 11 is 11.8. The Morgan fingerprint density at radius 2 is 1.70 bits per heavy atom. The van der Waals surface area contributed by atoms with Crippen molar-refractivity contribution in [1.29, 1.82) is 0 Å². The standard InChI is InChI=1S/C20H21Cl2N5O3/c21-14-3-1-13(2-4-14)18(19(23)29)27-9-7-26(8-10-27)17(28)12-25-20(30)16-11-15(22)5-6-24-16/h1-6,11,18H,7-10,12H2,(H2,23,29)(H,25,30). The first kappa shape index (κ1) is 22.0. The van der Waals surface area contributed by atoms with Gasteiger partial charge in [-0.2, -0.15) is 0 Å². The highest BCUT2D eigenvalue weighted by Gasteiger charge is 2.30. The van der Waals surface area contributed by atoms with Crippen molar-refractivity contribution in [1.82, 2.24) is 20.1 Å². The number of primary amides is 1. The molecule has 0 bridgehead atoms. The Hall–Kier alpha value is -2.68. The summed E-state index contributed by atoms with van der Waals surface area (Å²) in [5.74, 6) is -1.15. The molecule has 0 radical (unpaired) electrons. The van der Waals surface area contributed by atoms with Crippen LogP contribution in [0.25, 0.3) is 0 Å². The van der Waals surface area contributed by atoms with E-state index in [1.807, 2.05) is 4.90 Å². The zero-order valence-electron chi connectivity index (χ0n) is 16.1. The number of benzene rings is 1. The van der Waals surface area contributed by atoms with E-state index in [2.05, 4.69) is 10.3 Å². The highest BCUT2D eigenvalue weighted by Crippen LogP contribution is 2.23. The van der Waals surface area contributed by atoms with E-state index >= 15 is 0 Å². The van der Waals surface area contributed by atoms with Crippen molar-refractivity contribution < 1.29 is 14.4 Å². The number of halogens is 2. The van der Waals surface area contributed by atoms with Gasteiger partial charge in [0.15, 0.2) is 0 Å². The molecule has 1 aliphatic heterocycles. The second-order valence-corrected chi connectivity index (χ2v) is 7.69. The summed E-state index contributed by atoms with van der Waals surface area (Å²) in [6.45, 7) is 1.64. The van der Waals surface area contributed by atoms with Crippen LogP contribution in [-0.2, 0) is 9.59 Å². The zero-order chi connectivity index (χ0) is 21.7. The molecule has 3 rings (SSSR count). The van der Waals surface area contributed by atoms with Gasteiger partial charge in [0, 0.05) is 42.4 Å². The number of pyridine rings is 1. The summed E-state index contributed by atoms with van der Waals surface area (Å²) in [4.78, 5) is 44.1. The average Bonchev–Trinajstić information content (AvgIpc) is 2.73. The maximum absolute atomic E-state index is 12.5. The Morgan fingerprint density at radius 1 is 1.03 bits per heavy atom. The van der Waals surface area contributed by atoms with E-state index < -0.39 is 17.9 Å². The molecule has 3 amide bonds. The van der Waals surface area contributed by atoms with Crippen LogP contribution in [0, 0.1) is 0 Å². The molecule has 1 atom stereocenters. The first-order valence-corrected chi connectivity index (χ1v) is 10.1. The van der Waals surface area contributed by atoms with Gasteiger partial charge in [0.25, 0.3) is 5.91 Å². The van der Waals surface area contributed by atoms with Crippen LogP contribution >= 0.6 is 23.2 Å². The Kier molecular flexibility index (Phi) is 7.25. The molecule has 3 N–H and O–H groups in total. The summed E-state index contributed by atoms with van der Waals surface area (Å²) in [7, 11) is 0. The molecule has 1 aliphatic rings. The maximum Gasteiger partial charge on any atom is 0.270 e. The van der Waals surface area contributed by atoms with Gasteiger partial charge in [-0.15, -0.1) is 0 Å². The van der Waals surface area contributed by atoms with Crippen molar-refractivity contribution in [2.45, 2.75) is 6.04 Å². The van der Waals surface area contributed by atoms with Crippen LogP contribution < -0.4 is 11.1 Å². The van der Waals surface area contributed by atoms with E-state index in [-0.39, 0.29) is 18.1 Å². The largest absolute Gasteiger partial charge is 0.368 e. The Balaban J connectivity index is 1.53. The van der Waals surface area contributed by atoms with Crippen molar-refractivity contribution in [3.05, 3.63) is 63.9 Å². The van der Waals surface area contributed by atoms with Gasteiger partial charge in [0.1, 0.15) is 11.7 Å². The third kappa shape index (κ3) is 5.47. The van der Waals surface area contributed by atoms with Gasteiger partial charge >= 0.3 is 0 Å². The Bertz CT molecular complexity index is 930. The quantitative estimate of drug-likeness (QED) is 0.694. The predicted molar refractivity (Wildman–Crippen MR) is 113 cm³/mol. The summed E-state index contributed by atoms with van der Waals surface area (Å²) in [5, 5.41) is 3.52. The summed E-state index contributed by atoms with van der Waals surface area (Å²) in [6.07, 6.45) is 1.42. The monoisotopic (exact) mass is 449 g/mol. The Morgan fingerprint density at radius 3 is 2.30 bits per heavy atom. The fourth-order valence-corrected chi connectivity index (χ4v) is 3.60. The van der Waals surface area contributed by atoms with Crippen LogP contribution in [0.1, 0.15) is 22.1 Å². The Labute approximate surface area is 183 Å². The van der Waals surface area contributed by atoms with Crippen molar-refractivity contribution in [3.8, 4) is 0 Å². The van der Waals surface area contributed by atoms with Crippen molar-refractivity contribution >= 4 is 40.9 Å². The van der Waals surface area contributed by atoms with E-state index in [0.717, 1.165) is 5.56 Å². The molecule has 1 aromatic heterocycles. The molecule has 2 heterocycles. The van der Waals surface area contributed by atoms with Crippen LogP contribution in [-0.4, -0.2) is 65.2 Å². The number of nitrogens with one attached hydrogen (secondary N) is 1. The van der Waals surface area contributed by atoms with Gasteiger partial charge in [-0.1, -0.05) is 35.3 Å². The summed E-state index contributed by atoms with van der Waals surface area (Å²) < 4.78 is 0. The smallest absolute Gasteiger partial charge is 0.270 e. The first-order valence-electron chi connectivity index (χ1n) is 9.31. The number of aromatic nitrogens is 1. The first-order chi connectivity index (χ1) is 14.3. The van der Waals surface area contributed by atoms with Gasteiger partial charge < -0.3 is 16.0 Å². The minimum absolute atomic E-state index is 0.146. The van der Waals surface area contributed by atoms with Crippen LogP contribution in [0.5, 0.6) is 0 Å².